The first-order chi connectivity index (χ1) is 9.24. The number of nitrogens with one attached hydrogen (secondary N) is 1. The molecule has 0 saturated heterocycles. The van der Waals surface area contributed by atoms with E-state index in [1.807, 2.05) is 29.6 Å². The third-order valence-corrected chi connectivity index (χ3v) is 5.16. The standard InChI is InChI=1S/C15H14INOS/c16-13-8-12(9-19-13)15(18)17-14(11-6-7-11)10-4-2-1-3-5-10/h1-5,8-9,11,14H,6-7H2,(H,17,18). The van der Waals surface area contributed by atoms with Crippen LogP contribution in [0.2, 0.25) is 0 Å². The quantitative estimate of drug-likeness (QED) is 0.787. The Balaban J connectivity index is 1.77. The van der Waals surface area contributed by atoms with Gasteiger partial charge in [-0.3, -0.25) is 4.79 Å². The van der Waals surface area contributed by atoms with Crippen molar-refractivity contribution in [3.05, 3.63) is 55.8 Å². The van der Waals surface area contributed by atoms with Crippen LogP contribution < -0.4 is 5.32 Å². The van der Waals surface area contributed by atoms with Crippen molar-refractivity contribution in [3.8, 4) is 0 Å². The van der Waals surface area contributed by atoms with Crippen molar-refractivity contribution < 1.29 is 4.79 Å². The number of amides is 1. The van der Waals surface area contributed by atoms with Gasteiger partial charge in [0, 0.05) is 5.38 Å². The highest BCUT2D eigenvalue weighted by Gasteiger charge is 2.33. The number of thiophene rings is 1. The SMILES string of the molecule is O=C(NC(c1ccccc1)C1CC1)c1csc(I)c1. The predicted octanol–water partition coefficient (Wildman–Crippen LogP) is 4.23. The van der Waals surface area contributed by atoms with Gasteiger partial charge in [0.15, 0.2) is 0 Å². The van der Waals surface area contributed by atoms with E-state index in [4.69, 9.17) is 0 Å². The Morgan fingerprint density at radius 3 is 2.63 bits per heavy atom. The van der Waals surface area contributed by atoms with Crippen LogP contribution >= 0.6 is 33.9 Å². The molecule has 1 fully saturated rings. The molecule has 1 aromatic heterocycles. The van der Waals surface area contributed by atoms with Gasteiger partial charge in [-0.1, -0.05) is 30.3 Å². The third kappa shape index (κ3) is 3.17. The highest BCUT2D eigenvalue weighted by Crippen LogP contribution is 2.41. The molecular formula is C15H14INOS. The summed E-state index contributed by atoms with van der Waals surface area (Å²) < 4.78 is 1.14. The lowest BCUT2D eigenvalue weighted by atomic mass is 10.0. The average molecular weight is 383 g/mol. The monoisotopic (exact) mass is 383 g/mol. The summed E-state index contributed by atoms with van der Waals surface area (Å²) in [4.78, 5) is 12.3. The number of carbonyl (C=O) groups excluding carboxylic acids is 1. The molecule has 3 rings (SSSR count). The van der Waals surface area contributed by atoms with E-state index in [0.29, 0.717) is 5.92 Å². The van der Waals surface area contributed by atoms with E-state index in [9.17, 15) is 4.79 Å². The molecule has 1 N–H and O–H groups in total. The van der Waals surface area contributed by atoms with Gasteiger partial charge in [-0.25, -0.2) is 0 Å². The van der Waals surface area contributed by atoms with Gasteiger partial charge in [0.25, 0.3) is 5.91 Å². The average Bonchev–Trinajstić information content (AvgIpc) is 3.18. The Morgan fingerprint density at radius 1 is 1.32 bits per heavy atom. The van der Waals surface area contributed by atoms with E-state index < -0.39 is 0 Å². The van der Waals surface area contributed by atoms with Crippen LogP contribution in [0.15, 0.2) is 41.8 Å². The lowest BCUT2D eigenvalue weighted by Crippen LogP contribution is -2.29. The lowest BCUT2D eigenvalue weighted by Gasteiger charge is -2.18. The van der Waals surface area contributed by atoms with Crippen LogP contribution in [0.1, 0.15) is 34.8 Å². The summed E-state index contributed by atoms with van der Waals surface area (Å²) in [6.07, 6.45) is 2.42. The molecular weight excluding hydrogens is 369 g/mol. The molecule has 2 aromatic rings. The minimum atomic E-state index is 0.0416. The van der Waals surface area contributed by atoms with Crippen molar-refractivity contribution in [2.75, 3.05) is 0 Å². The van der Waals surface area contributed by atoms with Gasteiger partial charge in [-0.15, -0.1) is 11.3 Å². The first-order valence-electron chi connectivity index (χ1n) is 6.34. The van der Waals surface area contributed by atoms with Gasteiger partial charge < -0.3 is 5.32 Å². The normalized spacial score (nSPS) is 16.1. The maximum Gasteiger partial charge on any atom is 0.252 e. The maximum atomic E-state index is 12.3. The highest BCUT2D eigenvalue weighted by atomic mass is 127. The zero-order chi connectivity index (χ0) is 13.2. The number of carbonyl (C=O) groups is 1. The van der Waals surface area contributed by atoms with Crippen molar-refractivity contribution >= 4 is 39.8 Å². The fraction of sp³-hybridized carbons (Fsp3) is 0.267. The minimum Gasteiger partial charge on any atom is -0.345 e. The Hall–Kier alpha value is -0.880. The molecule has 1 aliphatic rings. The second-order valence-electron chi connectivity index (χ2n) is 4.84. The van der Waals surface area contributed by atoms with Crippen molar-refractivity contribution in [3.63, 3.8) is 0 Å². The predicted molar refractivity (Wildman–Crippen MR) is 86.4 cm³/mol. The summed E-state index contributed by atoms with van der Waals surface area (Å²) in [5, 5.41) is 5.11. The van der Waals surface area contributed by atoms with E-state index in [1.165, 1.54) is 18.4 Å². The summed E-state index contributed by atoms with van der Waals surface area (Å²) >= 11 is 3.85. The molecule has 1 atom stereocenters. The molecule has 0 spiro atoms. The van der Waals surface area contributed by atoms with Crippen LogP contribution in [0, 0.1) is 8.80 Å². The van der Waals surface area contributed by atoms with Gasteiger partial charge in [0.05, 0.1) is 14.5 Å². The van der Waals surface area contributed by atoms with Crippen LogP contribution in [0.4, 0.5) is 0 Å². The fourth-order valence-corrected chi connectivity index (χ4v) is 3.54. The molecule has 0 aliphatic heterocycles. The van der Waals surface area contributed by atoms with Crippen LogP contribution in [0.3, 0.4) is 0 Å². The zero-order valence-electron chi connectivity index (χ0n) is 10.3. The second-order valence-corrected chi connectivity index (χ2v) is 7.64. The van der Waals surface area contributed by atoms with Crippen LogP contribution in [-0.4, -0.2) is 5.91 Å². The number of rotatable bonds is 4. The van der Waals surface area contributed by atoms with Crippen LogP contribution in [0.5, 0.6) is 0 Å². The molecule has 2 nitrogen and oxygen atoms in total. The molecule has 1 aromatic carbocycles. The molecule has 4 heteroatoms. The van der Waals surface area contributed by atoms with Crippen molar-refractivity contribution in [2.24, 2.45) is 5.92 Å². The summed E-state index contributed by atoms with van der Waals surface area (Å²) in [5.74, 6) is 0.643. The fourth-order valence-electron chi connectivity index (χ4n) is 2.22. The largest absolute Gasteiger partial charge is 0.345 e. The molecule has 1 aliphatic carbocycles. The Bertz CT molecular complexity index is 577. The smallest absolute Gasteiger partial charge is 0.252 e. The van der Waals surface area contributed by atoms with Crippen molar-refractivity contribution in [1.82, 2.24) is 5.32 Å². The lowest BCUT2D eigenvalue weighted by molar-refractivity contribution is 0.0932. The van der Waals surface area contributed by atoms with Gasteiger partial charge in [-0.05, 0) is 53.0 Å². The highest BCUT2D eigenvalue weighted by molar-refractivity contribution is 14.1. The summed E-state index contributed by atoms with van der Waals surface area (Å²) in [6.45, 7) is 0. The molecule has 1 amide bonds. The Morgan fingerprint density at radius 2 is 2.05 bits per heavy atom. The summed E-state index contributed by atoms with van der Waals surface area (Å²) in [7, 11) is 0. The first kappa shape index (κ1) is 13.1. The zero-order valence-corrected chi connectivity index (χ0v) is 13.3. The van der Waals surface area contributed by atoms with Crippen LogP contribution in [0.25, 0.3) is 0 Å². The van der Waals surface area contributed by atoms with E-state index in [2.05, 4.69) is 40.0 Å². The van der Waals surface area contributed by atoms with Gasteiger partial charge >= 0.3 is 0 Å². The first-order valence-corrected chi connectivity index (χ1v) is 8.30. The van der Waals surface area contributed by atoms with Crippen LogP contribution in [-0.2, 0) is 0 Å². The number of hydrogen-bond donors (Lipinski definition) is 1. The van der Waals surface area contributed by atoms with Gasteiger partial charge in [0.2, 0.25) is 0 Å². The molecule has 1 heterocycles. The van der Waals surface area contributed by atoms with E-state index >= 15 is 0 Å². The van der Waals surface area contributed by atoms with Crippen molar-refractivity contribution in [1.29, 1.82) is 0 Å². The van der Waals surface area contributed by atoms with Gasteiger partial charge in [0.1, 0.15) is 0 Å². The van der Waals surface area contributed by atoms with E-state index in [1.54, 1.807) is 11.3 Å². The molecule has 0 radical (unpaired) electrons. The molecule has 1 saturated carbocycles. The summed E-state index contributed by atoms with van der Waals surface area (Å²) in [6, 6.07) is 12.4. The number of benzene rings is 1. The Labute approximate surface area is 130 Å². The Kier molecular flexibility index (Phi) is 3.88. The molecule has 1 unspecified atom stereocenters. The third-order valence-electron chi connectivity index (χ3n) is 3.37. The summed E-state index contributed by atoms with van der Waals surface area (Å²) in [5.41, 5.74) is 1.99. The van der Waals surface area contributed by atoms with E-state index in [-0.39, 0.29) is 11.9 Å². The maximum absolute atomic E-state index is 12.3. The molecule has 98 valence electrons. The number of halogens is 1. The molecule has 19 heavy (non-hydrogen) atoms. The second kappa shape index (κ2) is 5.63. The topological polar surface area (TPSA) is 29.1 Å². The van der Waals surface area contributed by atoms with Gasteiger partial charge in [-0.2, -0.15) is 0 Å². The minimum absolute atomic E-state index is 0.0416. The van der Waals surface area contributed by atoms with E-state index in [0.717, 1.165) is 8.45 Å². The molecule has 0 bridgehead atoms. The van der Waals surface area contributed by atoms with Crippen molar-refractivity contribution in [2.45, 2.75) is 18.9 Å². The number of hydrogen-bond acceptors (Lipinski definition) is 2.